The number of rotatable bonds is 7. The lowest BCUT2D eigenvalue weighted by atomic mass is 9.93. The van der Waals surface area contributed by atoms with E-state index in [0.29, 0.717) is 23.9 Å². The first-order valence-corrected chi connectivity index (χ1v) is 9.50. The minimum Gasteiger partial charge on any atom is -0.416 e. The van der Waals surface area contributed by atoms with E-state index in [1.165, 1.54) is 16.8 Å². The summed E-state index contributed by atoms with van der Waals surface area (Å²) in [5, 5.41) is 23.3. The zero-order valence-electron chi connectivity index (χ0n) is 13.6. The molecule has 0 spiro atoms. The Morgan fingerprint density at radius 3 is 2.96 bits per heavy atom. The van der Waals surface area contributed by atoms with Crippen molar-refractivity contribution in [3.8, 4) is 0 Å². The molecule has 26 heavy (non-hydrogen) atoms. The van der Waals surface area contributed by atoms with E-state index in [2.05, 4.69) is 36.3 Å². The monoisotopic (exact) mass is 397 g/mol. The first kappa shape index (κ1) is 18.3. The maximum absolute atomic E-state index is 11.9. The first-order valence-electron chi connectivity index (χ1n) is 7.64. The van der Waals surface area contributed by atoms with Crippen LogP contribution in [0.25, 0.3) is 0 Å². The summed E-state index contributed by atoms with van der Waals surface area (Å²) in [4.78, 5) is 34.8. The van der Waals surface area contributed by atoms with E-state index in [-0.39, 0.29) is 34.7 Å². The number of aromatic nitrogens is 4. The van der Waals surface area contributed by atoms with Crippen molar-refractivity contribution in [2.45, 2.75) is 31.0 Å². The summed E-state index contributed by atoms with van der Waals surface area (Å²) in [6.07, 6.45) is 0.847. The number of nitrogens with zero attached hydrogens (tertiary/aromatic N) is 4. The number of aryl methyl sites for hydroxylation is 1. The van der Waals surface area contributed by atoms with Crippen LogP contribution in [0.1, 0.15) is 19.2 Å². The number of carbonyl (C=O) groups excluding carboxylic acids is 3. The second-order valence-corrected chi connectivity index (χ2v) is 7.20. The van der Waals surface area contributed by atoms with Crippen LogP contribution in [0.3, 0.4) is 0 Å². The zero-order chi connectivity index (χ0) is 18.5. The Morgan fingerprint density at radius 2 is 2.23 bits per heavy atom. The molecule has 4 amide bonds. The number of nitrogens with one attached hydrogen (secondary N) is 3. The minimum absolute atomic E-state index is 0.0926. The van der Waals surface area contributed by atoms with E-state index in [1.54, 1.807) is 6.92 Å². The third-order valence-corrected chi connectivity index (χ3v) is 5.01. The summed E-state index contributed by atoms with van der Waals surface area (Å²) in [5.41, 5.74) is 1.52. The lowest BCUT2D eigenvalue weighted by Gasteiger charge is -2.28. The molecule has 11 nitrogen and oxygen atoms in total. The largest absolute Gasteiger partial charge is 0.416 e. The van der Waals surface area contributed by atoms with Gasteiger partial charge in [0.2, 0.25) is 22.8 Å². The molecular weight excluding hydrogens is 382 g/mol. The van der Waals surface area contributed by atoms with Gasteiger partial charge in [-0.15, -0.1) is 20.4 Å². The van der Waals surface area contributed by atoms with Crippen LogP contribution in [0.2, 0.25) is 0 Å². The molecular formula is C13H15N7O4S2. The van der Waals surface area contributed by atoms with Crippen LogP contribution < -0.4 is 16.0 Å². The molecule has 0 aromatic carbocycles. The van der Waals surface area contributed by atoms with Crippen molar-refractivity contribution in [3.63, 3.8) is 0 Å². The van der Waals surface area contributed by atoms with Gasteiger partial charge in [0.25, 0.3) is 5.22 Å². The molecule has 2 aromatic rings. The van der Waals surface area contributed by atoms with Crippen molar-refractivity contribution in [2.24, 2.45) is 5.92 Å². The van der Waals surface area contributed by atoms with Crippen LogP contribution in [-0.2, 0) is 16.0 Å². The summed E-state index contributed by atoms with van der Waals surface area (Å²) in [5.74, 6) is -0.476. The normalized spacial score (nSPS) is 19.7. The van der Waals surface area contributed by atoms with Crippen molar-refractivity contribution in [1.29, 1.82) is 0 Å². The predicted octanol–water partition coefficient (Wildman–Crippen LogP) is 0.429. The highest BCUT2D eigenvalue weighted by molar-refractivity contribution is 7.99. The second-order valence-electron chi connectivity index (χ2n) is 5.44. The van der Waals surface area contributed by atoms with Gasteiger partial charge in [0.05, 0.1) is 11.7 Å². The smallest absolute Gasteiger partial charge is 0.321 e. The molecule has 13 heteroatoms. The van der Waals surface area contributed by atoms with Gasteiger partial charge < -0.3 is 9.73 Å². The Labute approximate surface area is 155 Å². The fraction of sp³-hybridized carbons (Fsp3) is 0.462. The standard InChI is InChI=1S/C13H15N7O4S2/c1-6-7(10(22)17-11(23)15-6)2-3-9-18-20-13(24-9)25-4-8(21)16-12-19-14-5-26-12/h5-7H,2-4H2,1H3,(H,16,19,21)(H2,15,17,22,23). The van der Waals surface area contributed by atoms with Gasteiger partial charge in [0, 0.05) is 12.5 Å². The molecule has 138 valence electrons. The Hall–Kier alpha value is -2.54. The molecule has 1 saturated heterocycles. The summed E-state index contributed by atoms with van der Waals surface area (Å²) >= 11 is 2.33. The van der Waals surface area contributed by atoms with Gasteiger partial charge in [-0.05, 0) is 13.3 Å². The highest BCUT2D eigenvalue weighted by atomic mass is 32.2. The van der Waals surface area contributed by atoms with Crippen LogP contribution in [0.15, 0.2) is 15.2 Å². The maximum Gasteiger partial charge on any atom is 0.321 e. The molecule has 0 aliphatic carbocycles. The Bertz CT molecular complexity index is 794. The molecule has 0 radical (unpaired) electrons. The van der Waals surface area contributed by atoms with Crippen molar-refractivity contribution in [1.82, 2.24) is 31.0 Å². The van der Waals surface area contributed by atoms with Gasteiger partial charge in [-0.25, -0.2) is 4.79 Å². The number of hydrogen-bond donors (Lipinski definition) is 3. The van der Waals surface area contributed by atoms with E-state index in [0.717, 1.165) is 11.8 Å². The molecule has 3 heterocycles. The van der Waals surface area contributed by atoms with Gasteiger partial charge in [-0.2, -0.15) is 0 Å². The quantitative estimate of drug-likeness (QED) is 0.565. The van der Waals surface area contributed by atoms with Crippen molar-refractivity contribution in [3.05, 3.63) is 11.4 Å². The van der Waals surface area contributed by atoms with Gasteiger partial charge >= 0.3 is 6.03 Å². The summed E-state index contributed by atoms with van der Waals surface area (Å²) in [6.45, 7) is 1.77. The van der Waals surface area contributed by atoms with E-state index in [9.17, 15) is 14.4 Å². The molecule has 1 aliphatic rings. The minimum atomic E-state index is -0.484. The molecule has 3 rings (SSSR count). The maximum atomic E-state index is 11.9. The number of thioether (sulfide) groups is 1. The molecule has 1 fully saturated rings. The summed E-state index contributed by atoms with van der Waals surface area (Å²) in [7, 11) is 0. The molecule has 2 atom stereocenters. The van der Waals surface area contributed by atoms with Gasteiger partial charge in [0.1, 0.15) is 5.51 Å². The summed E-state index contributed by atoms with van der Waals surface area (Å²) in [6, 6.07) is -0.751. The van der Waals surface area contributed by atoms with E-state index < -0.39 is 6.03 Å². The lowest BCUT2D eigenvalue weighted by Crippen LogP contribution is -2.57. The summed E-state index contributed by atoms with van der Waals surface area (Å²) < 4.78 is 5.47. The molecule has 0 saturated carbocycles. The number of imide groups is 1. The molecule has 1 aliphatic heterocycles. The van der Waals surface area contributed by atoms with Gasteiger partial charge in [-0.3, -0.25) is 20.2 Å². The average molecular weight is 397 g/mol. The Morgan fingerprint density at radius 1 is 1.38 bits per heavy atom. The van der Waals surface area contributed by atoms with Crippen LogP contribution >= 0.6 is 23.1 Å². The van der Waals surface area contributed by atoms with Crippen LogP contribution in [0.4, 0.5) is 9.93 Å². The highest BCUT2D eigenvalue weighted by Crippen LogP contribution is 2.20. The third kappa shape index (κ3) is 4.76. The Kier molecular flexibility index (Phi) is 5.78. The van der Waals surface area contributed by atoms with Crippen molar-refractivity contribution in [2.75, 3.05) is 11.1 Å². The van der Waals surface area contributed by atoms with Crippen LogP contribution in [0.5, 0.6) is 0 Å². The SMILES string of the molecule is CC1NC(=O)NC(=O)C1CCc1nnc(SCC(=O)Nc2nncs2)o1. The fourth-order valence-electron chi connectivity index (χ4n) is 2.34. The number of carbonyl (C=O) groups is 3. The molecule has 2 aromatic heterocycles. The average Bonchev–Trinajstić information content (AvgIpc) is 3.23. The lowest BCUT2D eigenvalue weighted by molar-refractivity contribution is -0.125. The van der Waals surface area contributed by atoms with E-state index >= 15 is 0 Å². The van der Waals surface area contributed by atoms with Gasteiger partial charge in [-0.1, -0.05) is 23.1 Å². The van der Waals surface area contributed by atoms with E-state index in [4.69, 9.17) is 4.42 Å². The zero-order valence-corrected chi connectivity index (χ0v) is 15.2. The highest BCUT2D eigenvalue weighted by Gasteiger charge is 2.32. The molecule has 3 N–H and O–H groups in total. The second kappa shape index (κ2) is 8.23. The van der Waals surface area contributed by atoms with Crippen LogP contribution in [-0.4, -0.2) is 50.0 Å². The number of urea groups is 1. The first-order chi connectivity index (χ1) is 12.5. The van der Waals surface area contributed by atoms with Crippen LogP contribution in [0, 0.1) is 5.92 Å². The third-order valence-electron chi connectivity index (χ3n) is 3.59. The van der Waals surface area contributed by atoms with Gasteiger partial charge in [0.15, 0.2) is 0 Å². The number of hydrogen-bond acceptors (Lipinski definition) is 10. The number of amides is 4. The Balaban J connectivity index is 1.45. The molecule has 0 bridgehead atoms. The van der Waals surface area contributed by atoms with E-state index in [1.807, 2.05) is 0 Å². The number of anilines is 1. The van der Waals surface area contributed by atoms with Crippen molar-refractivity contribution >= 4 is 46.1 Å². The fourth-order valence-corrected chi connectivity index (χ4v) is 3.38. The van der Waals surface area contributed by atoms with Crippen molar-refractivity contribution < 1.29 is 18.8 Å². The predicted molar refractivity (Wildman–Crippen MR) is 91.5 cm³/mol. The topological polar surface area (TPSA) is 152 Å². The molecule has 2 unspecified atom stereocenters.